The fourth-order valence-corrected chi connectivity index (χ4v) is 2.64. The van der Waals surface area contributed by atoms with Gasteiger partial charge >= 0.3 is 6.18 Å². The molecule has 2 aromatic carbocycles. The van der Waals surface area contributed by atoms with Crippen molar-refractivity contribution in [1.82, 2.24) is 10.6 Å². The van der Waals surface area contributed by atoms with Gasteiger partial charge in [0, 0.05) is 6.54 Å². The van der Waals surface area contributed by atoms with Gasteiger partial charge in [0.1, 0.15) is 6.61 Å². The number of nitrogens with two attached hydrogens (primary N) is 1. The van der Waals surface area contributed by atoms with Crippen molar-refractivity contribution < 1.29 is 23.1 Å². The molecule has 0 aliphatic carbocycles. The number of nitrogens with one attached hydrogen (secondary N) is 3. The molecule has 0 aromatic heterocycles. The number of alkyl halides is 3. The molecule has 0 aliphatic heterocycles. The van der Waals surface area contributed by atoms with E-state index in [-0.39, 0.29) is 17.2 Å². The van der Waals surface area contributed by atoms with E-state index >= 15 is 0 Å². The summed E-state index contributed by atoms with van der Waals surface area (Å²) in [5.41, 5.74) is 6.25. The molecule has 28 heavy (non-hydrogen) atoms. The molecule has 0 aliphatic rings. The fourth-order valence-electron chi connectivity index (χ4n) is 2.38. The van der Waals surface area contributed by atoms with E-state index in [1.165, 1.54) is 12.1 Å². The molecule has 0 heterocycles. The quantitative estimate of drug-likeness (QED) is 0.369. The van der Waals surface area contributed by atoms with Crippen LogP contribution in [0, 0.1) is 0 Å². The van der Waals surface area contributed by atoms with Crippen LogP contribution < -0.4 is 21.7 Å². The van der Waals surface area contributed by atoms with E-state index in [1.807, 2.05) is 0 Å². The van der Waals surface area contributed by atoms with E-state index in [0.717, 1.165) is 12.1 Å². The number of anilines is 2. The van der Waals surface area contributed by atoms with Gasteiger partial charge in [0.2, 0.25) is 5.91 Å². The number of hydrogen-bond acceptors (Lipinski definition) is 4. The van der Waals surface area contributed by atoms with Crippen LogP contribution in [-0.2, 0) is 11.0 Å². The molecule has 6 N–H and O–H groups in total. The first-order chi connectivity index (χ1) is 13.2. The summed E-state index contributed by atoms with van der Waals surface area (Å²) in [4.78, 5) is 11.4. The number of hydrogen-bond donors (Lipinski definition) is 5. The first-order valence-corrected chi connectivity index (χ1v) is 8.58. The second-order valence-corrected chi connectivity index (χ2v) is 6.23. The number of para-hydroxylation sites is 2. The van der Waals surface area contributed by atoms with Gasteiger partial charge < -0.3 is 26.8 Å². The van der Waals surface area contributed by atoms with Gasteiger partial charge in [-0.05, 0) is 42.0 Å². The van der Waals surface area contributed by atoms with Gasteiger partial charge in [0.15, 0.2) is 5.11 Å². The highest BCUT2D eigenvalue weighted by Crippen LogP contribution is 2.30. The second-order valence-electron chi connectivity index (χ2n) is 5.82. The molecule has 0 radical (unpaired) electrons. The molecule has 6 nitrogen and oxygen atoms in total. The minimum Gasteiger partial charge on any atom is -0.397 e. The Morgan fingerprint density at radius 1 is 1.18 bits per heavy atom. The summed E-state index contributed by atoms with van der Waals surface area (Å²) < 4.78 is 39.1. The molecule has 0 saturated carbocycles. The highest BCUT2D eigenvalue weighted by atomic mass is 32.1. The summed E-state index contributed by atoms with van der Waals surface area (Å²) in [6.07, 6.45) is -4.51. The number of nitrogen functional groups attached to an aromatic ring is 1. The van der Waals surface area contributed by atoms with Gasteiger partial charge in [-0.1, -0.05) is 24.3 Å². The van der Waals surface area contributed by atoms with Crippen molar-refractivity contribution in [3.63, 3.8) is 0 Å². The van der Waals surface area contributed by atoms with E-state index in [0.29, 0.717) is 11.4 Å². The summed E-state index contributed by atoms with van der Waals surface area (Å²) in [7, 11) is 0. The number of benzene rings is 2. The number of aliphatic hydroxyl groups excluding tert-OH is 1. The lowest BCUT2D eigenvalue weighted by atomic mass is 10.0. The van der Waals surface area contributed by atoms with Gasteiger partial charge in [-0.2, -0.15) is 13.2 Å². The minimum absolute atomic E-state index is 0.0905. The number of halogens is 3. The lowest BCUT2D eigenvalue weighted by molar-refractivity contribution is -0.137. The molecule has 1 unspecified atom stereocenters. The summed E-state index contributed by atoms with van der Waals surface area (Å²) in [6, 6.07) is 10.7. The van der Waals surface area contributed by atoms with Crippen LogP contribution in [0.15, 0.2) is 48.5 Å². The predicted octanol–water partition coefficient (Wildman–Crippen LogP) is 2.42. The van der Waals surface area contributed by atoms with E-state index in [1.54, 1.807) is 24.3 Å². The summed E-state index contributed by atoms with van der Waals surface area (Å²) in [5, 5.41) is 17.1. The van der Waals surface area contributed by atoms with Crippen molar-refractivity contribution in [2.45, 2.75) is 12.2 Å². The Morgan fingerprint density at radius 3 is 2.54 bits per heavy atom. The fraction of sp³-hybridized carbons (Fsp3) is 0.222. The van der Waals surface area contributed by atoms with Crippen LogP contribution in [0.1, 0.15) is 17.2 Å². The van der Waals surface area contributed by atoms with Crippen LogP contribution >= 0.6 is 12.2 Å². The Morgan fingerprint density at radius 2 is 1.89 bits per heavy atom. The van der Waals surface area contributed by atoms with Crippen LogP contribution in [-0.4, -0.2) is 29.3 Å². The molecule has 0 saturated heterocycles. The van der Waals surface area contributed by atoms with Crippen molar-refractivity contribution >= 4 is 34.6 Å². The molecule has 2 aromatic rings. The Hall–Kier alpha value is -2.85. The Bertz CT molecular complexity index is 846. The maximum atomic E-state index is 13.0. The van der Waals surface area contributed by atoms with Gasteiger partial charge in [-0.15, -0.1) is 0 Å². The third kappa shape index (κ3) is 6.10. The van der Waals surface area contributed by atoms with Gasteiger partial charge in [0.05, 0.1) is 23.0 Å². The van der Waals surface area contributed by atoms with Crippen molar-refractivity contribution in [2.24, 2.45) is 0 Å². The minimum atomic E-state index is -4.51. The second kappa shape index (κ2) is 9.38. The lowest BCUT2D eigenvalue weighted by Crippen LogP contribution is -2.40. The SMILES string of the molecule is Nc1ccccc1NC(=S)NC(CNC(=O)CO)c1cccc(C(F)(F)F)c1. The first kappa shape index (κ1) is 21.5. The van der Waals surface area contributed by atoms with Crippen molar-refractivity contribution in [3.8, 4) is 0 Å². The molecular formula is C18H19F3N4O2S. The maximum Gasteiger partial charge on any atom is 0.416 e. The highest BCUT2D eigenvalue weighted by molar-refractivity contribution is 7.80. The number of thiocarbonyl (C=S) groups is 1. The number of carbonyl (C=O) groups excluding carboxylic acids is 1. The normalized spacial score (nSPS) is 12.1. The predicted molar refractivity (Wildman–Crippen MR) is 104 cm³/mol. The standard InChI is InChI=1S/C18H19F3N4O2S/c19-18(20,21)12-5-3-4-11(8-12)15(9-23-16(27)10-26)25-17(28)24-14-7-2-1-6-13(14)22/h1-8,15,26H,9-10,22H2,(H,23,27)(H2,24,25,28). The monoisotopic (exact) mass is 412 g/mol. The zero-order valence-corrected chi connectivity index (χ0v) is 15.4. The van der Waals surface area contributed by atoms with Gasteiger partial charge in [-0.3, -0.25) is 4.79 Å². The zero-order valence-electron chi connectivity index (χ0n) is 14.6. The molecule has 0 spiro atoms. The molecule has 0 fully saturated rings. The number of amides is 1. The third-order valence-corrected chi connectivity index (χ3v) is 4.00. The molecule has 1 atom stereocenters. The highest BCUT2D eigenvalue weighted by Gasteiger charge is 2.31. The maximum absolute atomic E-state index is 13.0. The number of aliphatic hydroxyl groups is 1. The van der Waals surface area contributed by atoms with Crippen LogP contribution in [0.5, 0.6) is 0 Å². The van der Waals surface area contributed by atoms with E-state index in [2.05, 4.69) is 16.0 Å². The Balaban J connectivity index is 2.20. The van der Waals surface area contributed by atoms with Crippen LogP contribution in [0.25, 0.3) is 0 Å². The van der Waals surface area contributed by atoms with Crippen LogP contribution in [0.2, 0.25) is 0 Å². The smallest absolute Gasteiger partial charge is 0.397 e. The van der Waals surface area contributed by atoms with Crippen molar-refractivity contribution in [1.29, 1.82) is 0 Å². The number of rotatable bonds is 6. The van der Waals surface area contributed by atoms with Gasteiger partial charge in [0.25, 0.3) is 0 Å². The largest absolute Gasteiger partial charge is 0.416 e. The summed E-state index contributed by atoms with van der Waals surface area (Å²) in [6.45, 7) is -0.828. The topological polar surface area (TPSA) is 99.4 Å². The molecule has 1 amide bonds. The van der Waals surface area contributed by atoms with Crippen LogP contribution in [0.4, 0.5) is 24.5 Å². The molecule has 2 rings (SSSR count). The molecule has 150 valence electrons. The van der Waals surface area contributed by atoms with E-state index in [9.17, 15) is 18.0 Å². The van der Waals surface area contributed by atoms with Crippen LogP contribution in [0.3, 0.4) is 0 Å². The van der Waals surface area contributed by atoms with Gasteiger partial charge in [-0.25, -0.2) is 0 Å². The Kier molecular flexibility index (Phi) is 7.18. The third-order valence-electron chi connectivity index (χ3n) is 3.78. The molecule has 10 heteroatoms. The summed E-state index contributed by atoms with van der Waals surface area (Å²) >= 11 is 5.22. The Labute approximate surface area is 164 Å². The molecular weight excluding hydrogens is 393 g/mol. The average molecular weight is 412 g/mol. The van der Waals surface area contributed by atoms with Crippen molar-refractivity contribution in [2.75, 3.05) is 24.2 Å². The van der Waals surface area contributed by atoms with E-state index in [4.69, 9.17) is 23.1 Å². The zero-order chi connectivity index (χ0) is 20.7. The van der Waals surface area contributed by atoms with E-state index < -0.39 is 30.3 Å². The first-order valence-electron chi connectivity index (χ1n) is 8.17. The average Bonchev–Trinajstić information content (AvgIpc) is 2.66. The number of carbonyl (C=O) groups is 1. The molecule has 0 bridgehead atoms. The summed E-state index contributed by atoms with van der Waals surface area (Å²) in [5.74, 6) is -0.662. The lowest BCUT2D eigenvalue weighted by Gasteiger charge is -2.23. The van der Waals surface area contributed by atoms with Crippen molar-refractivity contribution in [3.05, 3.63) is 59.7 Å².